The molecule has 126 valence electrons. The number of ether oxygens (including phenoxy) is 3. The largest absolute Gasteiger partial charge is 0.385 e. The van der Waals surface area contributed by atoms with Gasteiger partial charge in [0.05, 0.1) is 23.3 Å². The third kappa shape index (κ3) is 4.17. The van der Waals surface area contributed by atoms with Gasteiger partial charge in [-0.1, -0.05) is 0 Å². The lowest BCUT2D eigenvalue weighted by Crippen LogP contribution is -2.64. The van der Waals surface area contributed by atoms with Crippen molar-refractivity contribution < 1.29 is 14.2 Å². The lowest BCUT2D eigenvalue weighted by molar-refractivity contribution is -0.106. The first-order chi connectivity index (χ1) is 9.74. The Morgan fingerprint density at radius 2 is 1.67 bits per heavy atom. The van der Waals surface area contributed by atoms with Crippen LogP contribution in [0.5, 0.6) is 0 Å². The summed E-state index contributed by atoms with van der Waals surface area (Å²) in [5.41, 5.74) is 5.64. The summed E-state index contributed by atoms with van der Waals surface area (Å²) in [6.45, 7) is 12.5. The van der Waals surface area contributed by atoms with Crippen LogP contribution in [0.4, 0.5) is 0 Å². The zero-order valence-corrected chi connectivity index (χ0v) is 14.7. The lowest BCUT2D eigenvalue weighted by Gasteiger charge is -2.48. The summed E-state index contributed by atoms with van der Waals surface area (Å²) in [5, 5.41) is 0. The molecule has 21 heavy (non-hydrogen) atoms. The molecule has 0 aromatic rings. The molecule has 5 nitrogen and oxygen atoms in total. The molecule has 1 aliphatic heterocycles. The highest BCUT2D eigenvalue weighted by Gasteiger charge is 2.58. The van der Waals surface area contributed by atoms with E-state index in [1.165, 1.54) is 0 Å². The SMILES string of the molecule is COCCCN(CCOC)C1(CN)CC(C)(C)OC1(C)C. The molecule has 1 rings (SSSR count). The van der Waals surface area contributed by atoms with E-state index < -0.39 is 0 Å². The van der Waals surface area contributed by atoms with Gasteiger partial charge in [0.2, 0.25) is 0 Å². The number of nitrogens with two attached hydrogens (primary N) is 1. The van der Waals surface area contributed by atoms with Crippen molar-refractivity contribution in [2.45, 2.75) is 57.3 Å². The molecule has 5 heteroatoms. The molecule has 0 aromatic carbocycles. The van der Waals surface area contributed by atoms with E-state index in [0.717, 1.165) is 32.5 Å². The predicted molar refractivity (Wildman–Crippen MR) is 85.6 cm³/mol. The average Bonchev–Trinajstić information content (AvgIpc) is 2.58. The van der Waals surface area contributed by atoms with Crippen molar-refractivity contribution in [3.8, 4) is 0 Å². The molecule has 2 N–H and O–H groups in total. The molecule has 0 amide bonds. The van der Waals surface area contributed by atoms with Crippen molar-refractivity contribution in [2.24, 2.45) is 5.73 Å². The fourth-order valence-electron chi connectivity index (χ4n) is 3.82. The molecule has 0 spiro atoms. The Morgan fingerprint density at radius 3 is 2.10 bits per heavy atom. The van der Waals surface area contributed by atoms with E-state index >= 15 is 0 Å². The molecule has 1 atom stereocenters. The van der Waals surface area contributed by atoms with E-state index in [4.69, 9.17) is 19.9 Å². The Morgan fingerprint density at radius 1 is 1.05 bits per heavy atom. The van der Waals surface area contributed by atoms with Gasteiger partial charge in [-0.25, -0.2) is 0 Å². The van der Waals surface area contributed by atoms with Gasteiger partial charge in [-0.3, -0.25) is 4.90 Å². The van der Waals surface area contributed by atoms with Gasteiger partial charge >= 0.3 is 0 Å². The van der Waals surface area contributed by atoms with E-state index in [1.807, 2.05) is 0 Å². The second-order valence-electron chi connectivity index (χ2n) is 7.11. The van der Waals surface area contributed by atoms with Crippen LogP contribution in [0.3, 0.4) is 0 Å². The van der Waals surface area contributed by atoms with Crippen molar-refractivity contribution in [2.75, 3.05) is 47.1 Å². The molecule has 1 unspecified atom stereocenters. The first-order valence-electron chi connectivity index (χ1n) is 7.88. The molecule has 1 heterocycles. The van der Waals surface area contributed by atoms with Gasteiger partial charge in [0.25, 0.3) is 0 Å². The number of nitrogens with zero attached hydrogens (tertiary/aromatic N) is 1. The molecule has 0 bridgehead atoms. The number of methoxy groups -OCH3 is 2. The van der Waals surface area contributed by atoms with Crippen LogP contribution >= 0.6 is 0 Å². The maximum absolute atomic E-state index is 6.32. The smallest absolute Gasteiger partial charge is 0.0830 e. The third-order valence-electron chi connectivity index (χ3n) is 4.66. The van der Waals surface area contributed by atoms with E-state index in [2.05, 4.69) is 32.6 Å². The van der Waals surface area contributed by atoms with Crippen molar-refractivity contribution in [1.82, 2.24) is 4.90 Å². The van der Waals surface area contributed by atoms with Crippen LogP contribution in [0.2, 0.25) is 0 Å². The Bertz CT molecular complexity index is 321. The summed E-state index contributed by atoms with van der Waals surface area (Å²) in [4.78, 5) is 2.45. The van der Waals surface area contributed by atoms with E-state index in [-0.39, 0.29) is 16.7 Å². The molecule has 1 fully saturated rings. The Kier molecular flexibility index (Phi) is 6.62. The van der Waals surface area contributed by atoms with Crippen LogP contribution in [0.1, 0.15) is 40.5 Å². The molecule has 0 saturated carbocycles. The lowest BCUT2D eigenvalue weighted by atomic mass is 9.77. The summed E-state index contributed by atoms with van der Waals surface area (Å²) in [5.74, 6) is 0. The van der Waals surface area contributed by atoms with Gasteiger partial charge in [-0.05, 0) is 40.5 Å². The van der Waals surface area contributed by atoms with Crippen molar-refractivity contribution in [3.05, 3.63) is 0 Å². The minimum absolute atomic E-state index is 0.157. The van der Waals surface area contributed by atoms with Gasteiger partial charge in [0, 0.05) is 40.5 Å². The van der Waals surface area contributed by atoms with Gasteiger partial charge in [0.15, 0.2) is 0 Å². The summed E-state index contributed by atoms with van der Waals surface area (Å²) in [6.07, 6.45) is 1.92. The highest BCUT2D eigenvalue weighted by atomic mass is 16.5. The number of rotatable bonds is 9. The quantitative estimate of drug-likeness (QED) is 0.656. The molecule has 0 radical (unpaired) electrons. The predicted octanol–water partition coefficient (Wildman–Crippen LogP) is 1.65. The van der Waals surface area contributed by atoms with E-state index in [9.17, 15) is 0 Å². The van der Waals surface area contributed by atoms with Crippen LogP contribution in [-0.4, -0.2) is 68.7 Å². The summed E-state index contributed by atoms with van der Waals surface area (Å²) >= 11 is 0. The second-order valence-corrected chi connectivity index (χ2v) is 7.11. The monoisotopic (exact) mass is 302 g/mol. The maximum atomic E-state index is 6.32. The second kappa shape index (κ2) is 7.38. The molecular formula is C16H34N2O3. The zero-order valence-electron chi connectivity index (χ0n) is 14.7. The molecule has 1 saturated heterocycles. The highest BCUT2D eigenvalue weighted by molar-refractivity contribution is 5.13. The van der Waals surface area contributed by atoms with Gasteiger partial charge in [-0.2, -0.15) is 0 Å². The topological polar surface area (TPSA) is 57.0 Å². The van der Waals surface area contributed by atoms with Gasteiger partial charge in [0.1, 0.15) is 0 Å². The van der Waals surface area contributed by atoms with Crippen molar-refractivity contribution in [3.63, 3.8) is 0 Å². The first-order valence-corrected chi connectivity index (χ1v) is 7.88. The average molecular weight is 302 g/mol. The molecule has 1 aliphatic rings. The van der Waals surface area contributed by atoms with E-state index in [1.54, 1.807) is 14.2 Å². The van der Waals surface area contributed by atoms with Crippen LogP contribution in [-0.2, 0) is 14.2 Å². The van der Waals surface area contributed by atoms with Gasteiger partial charge < -0.3 is 19.9 Å². The van der Waals surface area contributed by atoms with Crippen LogP contribution in [0, 0.1) is 0 Å². The van der Waals surface area contributed by atoms with Crippen LogP contribution < -0.4 is 5.73 Å². The molecule has 0 aliphatic carbocycles. The number of hydrogen-bond donors (Lipinski definition) is 1. The van der Waals surface area contributed by atoms with Gasteiger partial charge in [-0.15, -0.1) is 0 Å². The number of hydrogen-bond acceptors (Lipinski definition) is 5. The van der Waals surface area contributed by atoms with Crippen LogP contribution in [0.25, 0.3) is 0 Å². The first kappa shape index (κ1) is 18.8. The van der Waals surface area contributed by atoms with Crippen molar-refractivity contribution >= 4 is 0 Å². The Hall–Kier alpha value is -0.200. The maximum Gasteiger partial charge on any atom is 0.0830 e. The normalized spacial score (nSPS) is 27.4. The fraction of sp³-hybridized carbons (Fsp3) is 1.00. The Balaban J connectivity index is 2.98. The Labute approximate surface area is 130 Å². The standard InChI is InChI=1S/C16H34N2O3/c1-14(2)12-16(13-17,15(3,4)21-14)18(9-11-20-6)8-7-10-19-5/h7-13,17H2,1-6H3. The summed E-state index contributed by atoms with van der Waals surface area (Å²) in [6, 6.07) is 0. The van der Waals surface area contributed by atoms with Crippen LogP contribution in [0.15, 0.2) is 0 Å². The molecule has 0 aromatic heterocycles. The minimum atomic E-state index is -0.286. The minimum Gasteiger partial charge on any atom is -0.385 e. The highest BCUT2D eigenvalue weighted by Crippen LogP contribution is 2.47. The molecular weight excluding hydrogens is 268 g/mol. The third-order valence-corrected chi connectivity index (χ3v) is 4.66. The summed E-state index contributed by atoms with van der Waals surface area (Å²) in [7, 11) is 3.48. The zero-order chi connectivity index (χ0) is 16.1. The van der Waals surface area contributed by atoms with Crippen molar-refractivity contribution in [1.29, 1.82) is 0 Å². The summed E-state index contributed by atoms with van der Waals surface area (Å²) < 4.78 is 16.8. The fourth-order valence-corrected chi connectivity index (χ4v) is 3.82. The van der Waals surface area contributed by atoms with E-state index in [0.29, 0.717) is 13.2 Å².